The number of rotatable bonds is 7. The van der Waals surface area contributed by atoms with Crippen molar-refractivity contribution in [2.75, 3.05) is 20.7 Å². The van der Waals surface area contributed by atoms with E-state index in [9.17, 15) is 0 Å². The van der Waals surface area contributed by atoms with Crippen molar-refractivity contribution < 1.29 is 4.74 Å². The van der Waals surface area contributed by atoms with Crippen LogP contribution in [-0.4, -0.2) is 25.6 Å². The second-order valence-electron chi connectivity index (χ2n) is 8.41. The van der Waals surface area contributed by atoms with Gasteiger partial charge in [-0.15, -0.1) is 0 Å². The van der Waals surface area contributed by atoms with Gasteiger partial charge in [0, 0.05) is 29.7 Å². The van der Waals surface area contributed by atoms with Gasteiger partial charge in [0.05, 0.1) is 7.11 Å². The van der Waals surface area contributed by atoms with Crippen LogP contribution >= 0.6 is 0 Å². The third-order valence-electron chi connectivity index (χ3n) is 5.35. The van der Waals surface area contributed by atoms with Gasteiger partial charge in [0.25, 0.3) is 0 Å². The van der Waals surface area contributed by atoms with Crippen molar-refractivity contribution in [2.45, 2.75) is 61.3 Å². The highest BCUT2D eigenvalue weighted by Crippen LogP contribution is 2.27. The maximum atomic E-state index is 5.65. The lowest BCUT2D eigenvalue weighted by atomic mass is 9.82. The highest BCUT2D eigenvalue weighted by Gasteiger charge is 2.22. The molecule has 0 aliphatic rings. The first-order chi connectivity index (χ1) is 12.1. The van der Waals surface area contributed by atoms with Crippen LogP contribution in [0.3, 0.4) is 0 Å². The Balaban J connectivity index is 3.68. The van der Waals surface area contributed by atoms with Crippen molar-refractivity contribution in [3.05, 3.63) is 40.3 Å². The summed E-state index contributed by atoms with van der Waals surface area (Å²) in [5, 5.41) is 2.45. The molecule has 2 nitrogen and oxygen atoms in total. The van der Waals surface area contributed by atoms with E-state index in [-0.39, 0.29) is 5.41 Å². The summed E-state index contributed by atoms with van der Waals surface area (Å²) < 4.78 is 5.65. The largest absolute Gasteiger partial charge is 0.496 e. The Morgan fingerprint density at radius 1 is 1.23 bits per heavy atom. The van der Waals surface area contributed by atoms with Gasteiger partial charge < -0.3 is 9.64 Å². The molecule has 0 spiro atoms. The summed E-state index contributed by atoms with van der Waals surface area (Å²) in [6, 6.07) is 6.37. The Morgan fingerprint density at radius 3 is 2.38 bits per heavy atom. The minimum atomic E-state index is 0.287. The lowest BCUT2D eigenvalue weighted by Crippen LogP contribution is -2.37. The lowest BCUT2D eigenvalue weighted by Gasteiger charge is -2.33. The van der Waals surface area contributed by atoms with Crippen LogP contribution in [0.1, 0.15) is 61.3 Å². The quantitative estimate of drug-likeness (QED) is 0.683. The number of methoxy groups -OCH3 is 1. The second kappa shape index (κ2) is 9.85. The number of ether oxygens (including phenoxy) is 1. The fourth-order valence-electron chi connectivity index (χ4n) is 2.87. The molecule has 0 radical (unpaired) electrons. The highest BCUT2D eigenvalue weighted by molar-refractivity contribution is 5.58. The van der Waals surface area contributed by atoms with E-state index in [4.69, 9.17) is 4.74 Å². The zero-order valence-corrected chi connectivity index (χ0v) is 18.4. The first-order valence-electron chi connectivity index (χ1n) is 9.91. The molecule has 0 aliphatic carbocycles. The summed E-state index contributed by atoms with van der Waals surface area (Å²) in [6.07, 6.45) is 6.66. The van der Waals surface area contributed by atoms with Crippen molar-refractivity contribution in [1.82, 2.24) is 4.90 Å². The molecule has 0 aliphatic heterocycles. The van der Waals surface area contributed by atoms with Crippen molar-refractivity contribution in [1.29, 1.82) is 0 Å². The summed E-state index contributed by atoms with van der Waals surface area (Å²) in [4.78, 5) is 2.41. The zero-order valence-electron chi connectivity index (χ0n) is 18.4. The molecular weight excluding hydrogens is 318 g/mol. The number of allylic oxidation sites excluding steroid dienone is 1. The maximum Gasteiger partial charge on any atom is 0.126 e. The highest BCUT2D eigenvalue weighted by atomic mass is 16.5. The van der Waals surface area contributed by atoms with E-state index in [0.29, 0.717) is 5.92 Å². The molecule has 2 heteroatoms. The Morgan fingerprint density at radius 2 is 1.88 bits per heavy atom. The average Bonchev–Trinajstić information content (AvgIpc) is 2.59. The number of nitrogens with zero attached hydrogens (tertiary/aromatic N) is 1. The van der Waals surface area contributed by atoms with Crippen molar-refractivity contribution in [2.24, 2.45) is 11.3 Å². The molecular formula is C24H39NO. The van der Waals surface area contributed by atoms with Gasteiger partial charge in [-0.05, 0) is 43.2 Å². The third-order valence-corrected chi connectivity index (χ3v) is 5.35. The Hall–Kier alpha value is -1.70. The first kappa shape index (κ1) is 22.3. The predicted molar refractivity (Wildman–Crippen MR) is 116 cm³/mol. The van der Waals surface area contributed by atoms with Gasteiger partial charge in [0.1, 0.15) is 5.75 Å². The normalized spacial score (nSPS) is 15.7. The Kier molecular flexibility index (Phi) is 8.46. The standard InChI is InChI=1S/C24H39NO/c1-10-13-21-20(14-12-15-23(21)26-9)22(16-18(3)11-2)25(8)17-19(4)24(5,6)7/h12-16,19H,10-11,17H2,1-9H3/b18-16+,21-13-,22-20-. The van der Waals surface area contributed by atoms with Gasteiger partial charge >= 0.3 is 0 Å². The summed E-state index contributed by atoms with van der Waals surface area (Å²) in [5.41, 5.74) is 2.95. The molecule has 0 fully saturated rings. The summed E-state index contributed by atoms with van der Waals surface area (Å²) in [7, 11) is 3.97. The minimum absolute atomic E-state index is 0.287. The molecule has 0 saturated heterocycles. The third kappa shape index (κ3) is 5.93. The van der Waals surface area contributed by atoms with E-state index < -0.39 is 0 Å². The summed E-state index contributed by atoms with van der Waals surface area (Å²) >= 11 is 0. The smallest absolute Gasteiger partial charge is 0.126 e. The van der Waals surface area contributed by atoms with Crippen LogP contribution in [0.15, 0.2) is 29.8 Å². The SMILES string of the molecule is CC\C=c1/c(OC)ccc/c1=C(\C=C(/C)CC)N(C)CC(C)C(C)(C)C. The van der Waals surface area contributed by atoms with Crippen LogP contribution in [0.4, 0.5) is 0 Å². The molecule has 0 aromatic heterocycles. The van der Waals surface area contributed by atoms with Crippen LogP contribution in [0.25, 0.3) is 11.8 Å². The van der Waals surface area contributed by atoms with Gasteiger partial charge in [0.2, 0.25) is 0 Å². The Labute approximate surface area is 161 Å². The molecule has 0 saturated carbocycles. The van der Waals surface area contributed by atoms with E-state index in [1.807, 2.05) is 0 Å². The van der Waals surface area contributed by atoms with E-state index in [1.165, 1.54) is 21.7 Å². The molecule has 1 atom stereocenters. The fraction of sp³-hybridized carbons (Fsp3) is 0.583. The average molecular weight is 358 g/mol. The van der Waals surface area contributed by atoms with Gasteiger partial charge in [-0.1, -0.05) is 65.3 Å². The number of benzene rings is 1. The predicted octanol–water partition coefficient (Wildman–Crippen LogP) is 4.96. The fourth-order valence-corrected chi connectivity index (χ4v) is 2.87. The van der Waals surface area contributed by atoms with Crippen molar-refractivity contribution in [3.63, 3.8) is 0 Å². The van der Waals surface area contributed by atoms with E-state index in [2.05, 4.69) is 90.8 Å². The van der Waals surface area contributed by atoms with Crippen LogP contribution < -0.4 is 15.2 Å². The number of hydrogen-bond donors (Lipinski definition) is 0. The monoisotopic (exact) mass is 357 g/mol. The molecule has 1 rings (SSSR count). The van der Waals surface area contributed by atoms with E-state index in [0.717, 1.165) is 25.1 Å². The maximum absolute atomic E-state index is 5.65. The molecule has 0 bridgehead atoms. The zero-order chi connectivity index (χ0) is 19.9. The molecule has 1 aromatic rings. The topological polar surface area (TPSA) is 12.5 Å². The van der Waals surface area contributed by atoms with Gasteiger partial charge in [-0.3, -0.25) is 0 Å². The molecule has 0 N–H and O–H groups in total. The van der Waals surface area contributed by atoms with Crippen LogP contribution in [0.5, 0.6) is 5.75 Å². The molecule has 26 heavy (non-hydrogen) atoms. The number of hydrogen-bond acceptors (Lipinski definition) is 2. The van der Waals surface area contributed by atoms with Crippen LogP contribution in [0.2, 0.25) is 0 Å². The Bertz CT molecular complexity index is 722. The van der Waals surface area contributed by atoms with Gasteiger partial charge in [0.15, 0.2) is 0 Å². The molecule has 1 aromatic carbocycles. The van der Waals surface area contributed by atoms with E-state index in [1.54, 1.807) is 7.11 Å². The second-order valence-corrected chi connectivity index (χ2v) is 8.41. The molecule has 0 amide bonds. The van der Waals surface area contributed by atoms with Gasteiger partial charge in [-0.2, -0.15) is 0 Å². The molecule has 0 heterocycles. The van der Waals surface area contributed by atoms with E-state index >= 15 is 0 Å². The minimum Gasteiger partial charge on any atom is -0.496 e. The van der Waals surface area contributed by atoms with Crippen molar-refractivity contribution in [3.8, 4) is 5.75 Å². The van der Waals surface area contributed by atoms with Crippen molar-refractivity contribution >= 4 is 11.8 Å². The first-order valence-corrected chi connectivity index (χ1v) is 9.91. The summed E-state index contributed by atoms with van der Waals surface area (Å²) in [6.45, 7) is 16.9. The number of likely N-dealkylation sites (N-methyl/N-ethyl adjacent to an activating group) is 1. The van der Waals surface area contributed by atoms with Crippen LogP contribution in [-0.2, 0) is 0 Å². The van der Waals surface area contributed by atoms with Crippen LogP contribution in [0, 0.1) is 11.3 Å². The molecule has 1 unspecified atom stereocenters. The lowest BCUT2D eigenvalue weighted by molar-refractivity contribution is 0.217. The van der Waals surface area contributed by atoms with Gasteiger partial charge in [-0.25, -0.2) is 0 Å². The molecule has 146 valence electrons. The summed E-state index contributed by atoms with van der Waals surface area (Å²) in [5.74, 6) is 1.53.